The zero-order valence-electron chi connectivity index (χ0n) is 10.0. The Morgan fingerprint density at radius 2 is 2.00 bits per heavy atom. The first-order chi connectivity index (χ1) is 8.36. The number of hydrogen-bond acceptors (Lipinski definition) is 3. The molecule has 1 aliphatic heterocycles. The molecule has 0 aliphatic carbocycles. The van der Waals surface area contributed by atoms with Gasteiger partial charge < -0.3 is 9.64 Å². The molecule has 1 saturated heterocycles. The summed E-state index contributed by atoms with van der Waals surface area (Å²) in [6.07, 6.45) is 1.86. The van der Waals surface area contributed by atoms with Gasteiger partial charge in [0.1, 0.15) is 0 Å². The molecule has 88 valence electrons. The number of aromatic nitrogens is 1. The van der Waals surface area contributed by atoms with Crippen LogP contribution in [-0.4, -0.2) is 31.3 Å². The third-order valence-corrected chi connectivity index (χ3v) is 3.30. The molecule has 3 nitrogen and oxygen atoms in total. The van der Waals surface area contributed by atoms with Crippen LogP contribution in [-0.2, 0) is 4.74 Å². The van der Waals surface area contributed by atoms with E-state index in [0.717, 1.165) is 31.8 Å². The molecule has 3 rings (SSSR count). The quantitative estimate of drug-likeness (QED) is 0.749. The van der Waals surface area contributed by atoms with Gasteiger partial charge in [0, 0.05) is 30.4 Å². The number of morpholine rings is 1. The molecule has 1 fully saturated rings. The van der Waals surface area contributed by atoms with Crippen molar-refractivity contribution in [1.29, 1.82) is 0 Å². The standard InChI is InChI=1S/C14H16N2O/c1-11-4-5-13(16-7-9-17-10-8-16)12-3-2-6-15-14(11)12/h2-6H,7-10H2,1H3. The summed E-state index contributed by atoms with van der Waals surface area (Å²) in [6, 6.07) is 8.51. The Morgan fingerprint density at radius 1 is 1.18 bits per heavy atom. The van der Waals surface area contributed by atoms with Gasteiger partial charge in [0.2, 0.25) is 0 Å². The fourth-order valence-corrected chi connectivity index (χ4v) is 2.38. The van der Waals surface area contributed by atoms with Crippen molar-refractivity contribution in [1.82, 2.24) is 4.98 Å². The van der Waals surface area contributed by atoms with Crippen molar-refractivity contribution in [3.05, 3.63) is 36.0 Å². The van der Waals surface area contributed by atoms with Crippen molar-refractivity contribution in [2.45, 2.75) is 6.92 Å². The van der Waals surface area contributed by atoms with Crippen LogP contribution in [0.5, 0.6) is 0 Å². The van der Waals surface area contributed by atoms with E-state index >= 15 is 0 Å². The van der Waals surface area contributed by atoms with E-state index in [4.69, 9.17) is 4.74 Å². The summed E-state index contributed by atoms with van der Waals surface area (Å²) in [5.41, 5.74) is 3.62. The zero-order valence-corrected chi connectivity index (χ0v) is 10.0. The average molecular weight is 228 g/mol. The van der Waals surface area contributed by atoms with Crippen LogP contribution in [0.1, 0.15) is 5.56 Å². The maximum absolute atomic E-state index is 5.40. The number of nitrogens with zero attached hydrogens (tertiary/aromatic N) is 2. The van der Waals surface area contributed by atoms with Gasteiger partial charge in [0.05, 0.1) is 18.7 Å². The summed E-state index contributed by atoms with van der Waals surface area (Å²) in [4.78, 5) is 6.86. The number of anilines is 1. The highest BCUT2D eigenvalue weighted by Crippen LogP contribution is 2.28. The summed E-state index contributed by atoms with van der Waals surface area (Å²) >= 11 is 0. The number of pyridine rings is 1. The lowest BCUT2D eigenvalue weighted by molar-refractivity contribution is 0.123. The maximum Gasteiger partial charge on any atom is 0.0751 e. The van der Waals surface area contributed by atoms with Crippen molar-refractivity contribution >= 4 is 16.6 Å². The minimum Gasteiger partial charge on any atom is -0.378 e. The fraction of sp³-hybridized carbons (Fsp3) is 0.357. The Morgan fingerprint density at radius 3 is 2.82 bits per heavy atom. The van der Waals surface area contributed by atoms with Gasteiger partial charge in [-0.25, -0.2) is 0 Å². The van der Waals surface area contributed by atoms with Crippen molar-refractivity contribution in [2.24, 2.45) is 0 Å². The van der Waals surface area contributed by atoms with Crippen LogP contribution in [0.2, 0.25) is 0 Å². The summed E-state index contributed by atoms with van der Waals surface area (Å²) in [6.45, 7) is 5.67. The van der Waals surface area contributed by atoms with Crippen molar-refractivity contribution in [2.75, 3.05) is 31.2 Å². The Bertz CT molecular complexity index is 533. The van der Waals surface area contributed by atoms with Gasteiger partial charge >= 0.3 is 0 Å². The minimum atomic E-state index is 0.815. The largest absolute Gasteiger partial charge is 0.378 e. The SMILES string of the molecule is Cc1ccc(N2CCOCC2)c2cccnc12. The highest BCUT2D eigenvalue weighted by atomic mass is 16.5. The van der Waals surface area contributed by atoms with Crippen LogP contribution in [0.25, 0.3) is 10.9 Å². The topological polar surface area (TPSA) is 25.4 Å². The van der Waals surface area contributed by atoms with Crippen molar-refractivity contribution in [3.8, 4) is 0 Å². The molecule has 1 aromatic carbocycles. The molecule has 0 bridgehead atoms. The number of aryl methyl sites for hydroxylation is 1. The van der Waals surface area contributed by atoms with Gasteiger partial charge in [-0.3, -0.25) is 4.98 Å². The zero-order chi connectivity index (χ0) is 11.7. The average Bonchev–Trinajstić information content (AvgIpc) is 2.41. The molecular weight excluding hydrogens is 212 g/mol. The molecule has 0 amide bonds. The lowest BCUT2D eigenvalue weighted by Crippen LogP contribution is -2.36. The number of benzene rings is 1. The minimum absolute atomic E-state index is 0.815. The van der Waals surface area contributed by atoms with Crippen molar-refractivity contribution in [3.63, 3.8) is 0 Å². The third-order valence-electron chi connectivity index (χ3n) is 3.30. The second kappa shape index (κ2) is 4.34. The molecule has 0 unspecified atom stereocenters. The summed E-state index contributed by atoms with van der Waals surface area (Å²) < 4.78 is 5.40. The van der Waals surface area contributed by atoms with E-state index in [-0.39, 0.29) is 0 Å². The van der Waals surface area contributed by atoms with E-state index in [1.54, 1.807) is 0 Å². The first-order valence-electron chi connectivity index (χ1n) is 6.03. The van der Waals surface area contributed by atoms with E-state index in [2.05, 4.69) is 35.0 Å². The molecule has 0 radical (unpaired) electrons. The van der Waals surface area contributed by atoms with Crippen LogP contribution in [0.15, 0.2) is 30.5 Å². The van der Waals surface area contributed by atoms with E-state index in [0.29, 0.717) is 0 Å². The summed E-state index contributed by atoms with van der Waals surface area (Å²) in [5, 5.41) is 1.24. The van der Waals surface area contributed by atoms with E-state index in [1.807, 2.05) is 12.3 Å². The van der Waals surface area contributed by atoms with Crippen molar-refractivity contribution < 1.29 is 4.74 Å². The molecule has 2 aromatic rings. The monoisotopic (exact) mass is 228 g/mol. The molecule has 2 heterocycles. The molecular formula is C14H16N2O. The lowest BCUT2D eigenvalue weighted by Gasteiger charge is -2.30. The van der Waals surface area contributed by atoms with E-state index in [9.17, 15) is 0 Å². The van der Waals surface area contributed by atoms with E-state index < -0.39 is 0 Å². The van der Waals surface area contributed by atoms with Gasteiger partial charge in [-0.2, -0.15) is 0 Å². The highest BCUT2D eigenvalue weighted by molar-refractivity contribution is 5.93. The van der Waals surface area contributed by atoms with E-state index in [1.165, 1.54) is 16.6 Å². The molecule has 1 aliphatic rings. The second-order valence-electron chi connectivity index (χ2n) is 4.40. The second-order valence-corrected chi connectivity index (χ2v) is 4.40. The number of ether oxygens (including phenoxy) is 1. The molecule has 0 saturated carbocycles. The molecule has 0 spiro atoms. The number of fused-ring (bicyclic) bond motifs is 1. The molecule has 0 atom stereocenters. The Kier molecular flexibility index (Phi) is 2.69. The van der Waals surface area contributed by atoms with Crippen LogP contribution in [0, 0.1) is 6.92 Å². The van der Waals surface area contributed by atoms with Gasteiger partial charge in [-0.1, -0.05) is 6.07 Å². The Labute approximate surface area is 101 Å². The maximum atomic E-state index is 5.40. The van der Waals surface area contributed by atoms with Gasteiger partial charge in [-0.15, -0.1) is 0 Å². The Balaban J connectivity index is 2.12. The molecule has 1 aromatic heterocycles. The normalized spacial score (nSPS) is 16.4. The third kappa shape index (κ3) is 1.87. The van der Waals surface area contributed by atoms with Crippen LogP contribution >= 0.6 is 0 Å². The predicted octanol–water partition coefficient (Wildman–Crippen LogP) is 2.38. The lowest BCUT2D eigenvalue weighted by atomic mass is 10.1. The van der Waals surface area contributed by atoms with Gasteiger partial charge in [0.25, 0.3) is 0 Å². The van der Waals surface area contributed by atoms with Crippen LogP contribution in [0.3, 0.4) is 0 Å². The first kappa shape index (κ1) is 10.5. The summed E-state index contributed by atoms with van der Waals surface area (Å²) in [5.74, 6) is 0. The van der Waals surface area contributed by atoms with Gasteiger partial charge in [-0.05, 0) is 30.7 Å². The fourth-order valence-electron chi connectivity index (χ4n) is 2.38. The van der Waals surface area contributed by atoms with Crippen LogP contribution < -0.4 is 4.90 Å². The predicted molar refractivity (Wildman–Crippen MR) is 69.5 cm³/mol. The molecule has 0 N–H and O–H groups in total. The van der Waals surface area contributed by atoms with Crippen LogP contribution in [0.4, 0.5) is 5.69 Å². The number of rotatable bonds is 1. The smallest absolute Gasteiger partial charge is 0.0751 e. The first-order valence-corrected chi connectivity index (χ1v) is 6.03. The molecule has 3 heteroatoms. The highest BCUT2D eigenvalue weighted by Gasteiger charge is 2.14. The van der Waals surface area contributed by atoms with Gasteiger partial charge in [0.15, 0.2) is 0 Å². The Hall–Kier alpha value is -1.61. The molecule has 17 heavy (non-hydrogen) atoms. The summed E-state index contributed by atoms with van der Waals surface area (Å²) in [7, 11) is 0. The number of hydrogen-bond donors (Lipinski definition) is 0.